The molecule has 0 unspecified atom stereocenters. The van der Waals surface area contributed by atoms with Gasteiger partial charge in [-0.2, -0.15) is 5.10 Å². The van der Waals surface area contributed by atoms with Crippen molar-refractivity contribution < 1.29 is 4.79 Å². The summed E-state index contributed by atoms with van der Waals surface area (Å²) in [7, 11) is 0. The Kier molecular flexibility index (Phi) is 3.26. The largest absolute Gasteiger partial charge is 0.307 e. The average molecular weight is 301 g/mol. The number of carbonyl (C=O) groups excluding carboxylic acids is 1. The Morgan fingerprint density at radius 1 is 1.44 bits per heavy atom. The van der Waals surface area contributed by atoms with Crippen LogP contribution in [0.3, 0.4) is 0 Å². The van der Waals surface area contributed by atoms with Gasteiger partial charge in [0.1, 0.15) is 5.82 Å². The molecular formula is C10H7BrClN3O. The number of carbonyl (C=O) groups is 1. The van der Waals surface area contributed by atoms with Crippen LogP contribution in [0.2, 0.25) is 5.02 Å². The van der Waals surface area contributed by atoms with Crippen LogP contribution in [0.1, 0.15) is 10.4 Å². The predicted molar refractivity (Wildman–Crippen MR) is 65.7 cm³/mol. The number of halogens is 2. The first-order valence-electron chi connectivity index (χ1n) is 4.43. The summed E-state index contributed by atoms with van der Waals surface area (Å²) in [6.45, 7) is 0. The molecule has 16 heavy (non-hydrogen) atoms. The fourth-order valence-electron chi connectivity index (χ4n) is 1.19. The van der Waals surface area contributed by atoms with E-state index in [0.29, 0.717) is 20.9 Å². The van der Waals surface area contributed by atoms with Crippen LogP contribution in [-0.4, -0.2) is 16.1 Å². The van der Waals surface area contributed by atoms with Crippen molar-refractivity contribution in [1.29, 1.82) is 0 Å². The molecular weight excluding hydrogens is 293 g/mol. The molecule has 0 aliphatic heterocycles. The molecule has 4 nitrogen and oxygen atoms in total. The van der Waals surface area contributed by atoms with Crippen molar-refractivity contribution in [3.63, 3.8) is 0 Å². The maximum absolute atomic E-state index is 11.8. The van der Waals surface area contributed by atoms with Crippen LogP contribution >= 0.6 is 27.5 Å². The van der Waals surface area contributed by atoms with Crippen LogP contribution in [0, 0.1) is 0 Å². The van der Waals surface area contributed by atoms with Crippen molar-refractivity contribution >= 4 is 39.3 Å². The summed E-state index contributed by atoms with van der Waals surface area (Å²) in [4.78, 5) is 11.8. The molecule has 0 fully saturated rings. The molecule has 0 saturated carbocycles. The fraction of sp³-hybridized carbons (Fsp3) is 0. The first kappa shape index (κ1) is 11.2. The summed E-state index contributed by atoms with van der Waals surface area (Å²) >= 11 is 9.25. The first-order chi connectivity index (χ1) is 7.68. The van der Waals surface area contributed by atoms with Gasteiger partial charge in [0.2, 0.25) is 0 Å². The second-order valence-electron chi connectivity index (χ2n) is 3.03. The Hall–Kier alpha value is -1.33. The van der Waals surface area contributed by atoms with Gasteiger partial charge in [0.05, 0.1) is 16.8 Å². The standard InChI is InChI=1S/C10H7BrClN3O/c11-7-3-1-2-6(9(7)12)10(16)14-8-4-5-13-15-8/h1-5H,(H2,13,14,15,16). The second-order valence-corrected chi connectivity index (χ2v) is 4.26. The van der Waals surface area contributed by atoms with Gasteiger partial charge < -0.3 is 5.32 Å². The lowest BCUT2D eigenvalue weighted by atomic mass is 10.2. The smallest absolute Gasteiger partial charge is 0.258 e. The van der Waals surface area contributed by atoms with Gasteiger partial charge in [-0.1, -0.05) is 17.7 Å². The zero-order valence-corrected chi connectivity index (χ0v) is 10.3. The van der Waals surface area contributed by atoms with Gasteiger partial charge in [-0.05, 0) is 28.1 Å². The van der Waals surface area contributed by atoms with E-state index in [9.17, 15) is 4.79 Å². The molecule has 1 amide bonds. The zero-order valence-electron chi connectivity index (χ0n) is 8.00. The van der Waals surface area contributed by atoms with Gasteiger partial charge in [0.15, 0.2) is 0 Å². The Morgan fingerprint density at radius 3 is 2.94 bits per heavy atom. The quantitative estimate of drug-likeness (QED) is 0.895. The monoisotopic (exact) mass is 299 g/mol. The lowest BCUT2D eigenvalue weighted by molar-refractivity contribution is 0.102. The van der Waals surface area contributed by atoms with Crippen molar-refractivity contribution in [3.05, 3.63) is 45.5 Å². The topological polar surface area (TPSA) is 57.8 Å². The highest BCUT2D eigenvalue weighted by molar-refractivity contribution is 9.10. The molecule has 0 spiro atoms. The van der Waals surface area contributed by atoms with Crippen LogP contribution in [0.5, 0.6) is 0 Å². The van der Waals surface area contributed by atoms with E-state index < -0.39 is 0 Å². The number of hydrogen-bond acceptors (Lipinski definition) is 2. The Balaban J connectivity index is 2.24. The first-order valence-corrected chi connectivity index (χ1v) is 5.60. The van der Waals surface area contributed by atoms with E-state index in [-0.39, 0.29) is 5.91 Å². The summed E-state index contributed by atoms with van der Waals surface area (Å²) in [6, 6.07) is 6.83. The van der Waals surface area contributed by atoms with Crippen molar-refractivity contribution in [3.8, 4) is 0 Å². The summed E-state index contributed by atoms with van der Waals surface area (Å²) in [5.41, 5.74) is 0.408. The number of benzene rings is 1. The molecule has 0 aliphatic carbocycles. The number of aromatic nitrogens is 2. The highest BCUT2D eigenvalue weighted by atomic mass is 79.9. The normalized spacial score (nSPS) is 10.1. The maximum atomic E-state index is 11.8. The van der Waals surface area contributed by atoms with Crippen LogP contribution in [0.15, 0.2) is 34.9 Å². The molecule has 1 aromatic heterocycles. The molecule has 0 saturated heterocycles. The molecule has 0 atom stereocenters. The van der Waals surface area contributed by atoms with Crippen molar-refractivity contribution in [2.75, 3.05) is 5.32 Å². The van der Waals surface area contributed by atoms with E-state index in [1.54, 1.807) is 30.5 Å². The highest BCUT2D eigenvalue weighted by Gasteiger charge is 2.12. The van der Waals surface area contributed by atoms with Crippen LogP contribution < -0.4 is 5.32 Å². The number of H-pyrrole nitrogens is 1. The summed E-state index contributed by atoms with van der Waals surface area (Å²) in [6.07, 6.45) is 1.55. The third-order valence-electron chi connectivity index (χ3n) is 1.95. The van der Waals surface area contributed by atoms with Crippen LogP contribution in [-0.2, 0) is 0 Å². The van der Waals surface area contributed by atoms with E-state index >= 15 is 0 Å². The molecule has 82 valence electrons. The SMILES string of the molecule is O=C(Nc1ccn[nH]1)c1cccc(Br)c1Cl. The van der Waals surface area contributed by atoms with Gasteiger partial charge in [-0.15, -0.1) is 0 Å². The summed E-state index contributed by atoms with van der Waals surface area (Å²) < 4.78 is 0.687. The zero-order chi connectivity index (χ0) is 11.5. The number of nitrogens with one attached hydrogen (secondary N) is 2. The van der Waals surface area contributed by atoms with E-state index in [2.05, 4.69) is 31.4 Å². The summed E-state index contributed by atoms with van der Waals surface area (Å²) in [5, 5.41) is 9.39. The molecule has 0 radical (unpaired) electrons. The van der Waals surface area contributed by atoms with E-state index in [4.69, 9.17) is 11.6 Å². The van der Waals surface area contributed by atoms with Gasteiger partial charge in [0, 0.05) is 10.5 Å². The predicted octanol–water partition coefficient (Wildman–Crippen LogP) is 3.08. The highest BCUT2D eigenvalue weighted by Crippen LogP contribution is 2.26. The number of anilines is 1. The molecule has 2 rings (SSSR count). The van der Waals surface area contributed by atoms with Gasteiger partial charge >= 0.3 is 0 Å². The number of aromatic amines is 1. The Labute approximate surface area is 105 Å². The lowest BCUT2D eigenvalue weighted by Gasteiger charge is -2.05. The van der Waals surface area contributed by atoms with Gasteiger partial charge in [-0.25, -0.2) is 0 Å². The molecule has 1 aromatic carbocycles. The molecule has 1 heterocycles. The Bertz CT molecular complexity index is 513. The third-order valence-corrected chi connectivity index (χ3v) is 3.24. The van der Waals surface area contributed by atoms with Crippen LogP contribution in [0.4, 0.5) is 5.82 Å². The van der Waals surface area contributed by atoms with Gasteiger partial charge in [-0.3, -0.25) is 9.89 Å². The second kappa shape index (κ2) is 4.67. The fourth-order valence-corrected chi connectivity index (χ4v) is 1.77. The maximum Gasteiger partial charge on any atom is 0.258 e. The molecule has 2 aromatic rings. The van der Waals surface area contributed by atoms with E-state index in [1.807, 2.05) is 0 Å². The lowest BCUT2D eigenvalue weighted by Crippen LogP contribution is -2.12. The number of rotatable bonds is 2. The molecule has 0 bridgehead atoms. The molecule has 6 heteroatoms. The third kappa shape index (κ3) is 2.25. The van der Waals surface area contributed by atoms with Crippen molar-refractivity contribution in [1.82, 2.24) is 10.2 Å². The minimum atomic E-state index is -0.282. The van der Waals surface area contributed by atoms with E-state index in [0.717, 1.165) is 0 Å². The number of nitrogens with zero attached hydrogens (tertiary/aromatic N) is 1. The summed E-state index contributed by atoms with van der Waals surface area (Å²) in [5.74, 6) is 0.247. The minimum Gasteiger partial charge on any atom is -0.307 e. The van der Waals surface area contributed by atoms with Crippen molar-refractivity contribution in [2.45, 2.75) is 0 Å². The molecule has 0 aliphatic rings. The number of amides is 1. The Morgan fingerprint density at radius 2 is 2.25 bits per heavy atom. The van der Waals surface area contributed by atoms with Crippen LogP contribution in [0.25, 0.3) is 0 Å². The number of hydrogen-bond donors (Lipinski definition) is 2. The van der Waals surface area contributed by atoms with E-state index in [1.165, 1.54) is 0 Å². The van der Waals surface area contributed by atoms with Crippen molar-refractivity contribution in [2.24, 2.45) is 0 Å². The van der Waals surface area contributed by atoms with Gasteiger partial charge in [0.25, 0.3) is 5.91 Å². The average Bonchev–Trinajstić information content (AvgIpc) is 2.74. The molecule has 2 N–H and O–H groups in total. The minimum absolute atomic E-state index is 0.282.